The van der Waals surface area contributed by atoms with Gasteiger partial charge in [0.25, 0.3) is 0 Å². The minimum atomic E-state index is 0. The van der Waals surface area contributed by atoms with Crippen LogP contribution in [0.1, 0.15) is 12.5 Å². The van der Waals surface area contributed by atoms with Gasteiger partial charge in [-0.2, -0.15) is 0 Å². The molecule has 21 heavy (non-hydrogen) atoms. The van der Waals surface area contributed by atoms with Gasteiger partial charge in [-0.3, -0.25) is 4.90 Å². The number of nitrogens with zero attached hydrogens (tertiary/aromatic N) is 1. The molecular weight excluding hydrogens is 292 g/mol. The van der Waals surface area contributed by atoms with Crippen LogP contribution in [0.15, 0.2) is 12.1 Å². The second kappa shape index (κ2) is 8.32. The summed E-state index contributed by atoms with van der Waals surface area (Å²) < 4.78 is 16.3. The summed E-state index contributed by atoms with van der Waals surface area (Å²) in [6.07, 6.45) is 0. The molecule has 0 aliphatic carbocycles. The Morgan fingerprint density at radius 1 is 1.14 bits per heavy atom. The average Bonchev–Trinajstić information content (AvgIpc) is 2.47. The monoisotopic (exact) mass is 316 g/mol. The number of hydrogen-bond donors (Lipinski definition) is 1. The van der Waals surface area contributed by atoms with Gasteiger partial charge in [-0.1, -0.05) is 0 Å². The average molecular weight is 317 g/mol. The third-order valence-electron chi connectivity index (χ3n) is 3.65. The van der Waals surface area contributed by atoms with Crippen LogP contribution in [0, 0.1) is 0 Å². The maximum absolute atomic E-state index is 5.50. The van der Waals surface area contributed by atoms with Crippen molar-refractivity contribution in [3.8, 4) is 17.2 Å². The fourth-order valence-corrected chi connectivity index (χ4v) is 2.61. The van der Waals surface area contributed by atoms with Crippen LogP contribution >= 0.6 is 12.4 Å². The van der Waals surface area contributed by atoms with Crippen molar-refractivity contribution in [1.29, 1.82) is 0 Å². The van der Waals surface area contributed by atoms with Crippen molar-refractivity contribution in [3.63, 3.8) is 0 Å². The van der Waals surface area contributed by atoms with Crippen LogP contribution in [-0.4, -0.2) is 51.9 Å². The lowest BCUT2D eigenvalue weighted by atomic mass is 10.1. The first kappa shape index (κ1) is 17.9. The van der Waals surface area contributed by atoms with E-state index in [9.17, 15) is 0 Å². The largest absolute Gasteiger partial charge is 0.496 e. The summed E-state index contributed by atoms with van der Waals surface area (Å²) in [6.45, 7) is 6.10. The van der Waals surface area contributed by atoms with E-state index >= 15 is 0 Å². The van der Waals surface area contributed by atoms with Gasteiger partial charge in [-0.05, 0) is 6.92 Å². The Morgan fingerprint density at radius 2 is 1.76 bits per heavy atom. The molecular formula is C15H25ClN2O3. The van der Waals surface area contributed by atoms with Gasteiger partial charge in [0.2, 0.25) is 0 Å². The standard InChI is InChI=1S/C15H24N2O3.ClH/c1-11-9-17(6-5-16-11)10-13-14(19-3)7-12(18-2)8-15(13)20-4;/h7-8,11,16H,5-6,9-10H2,1-4H3;1H/t11-;/m0./s1. The van der Waals surface area contributed by atoms with Crippen molar-refractivity contribution in [2.45, 2.75) is 19.5 Å². The third-order valence-corrected chi connectivity index (χ3v) is 3.65. The Bertz CT molecular complexity index is 432. The molecule has 0 radical (unpaired) electrons. The maximum Gasteiger partial charge on any atom is 0.130 e. The third kappa shape index (κ3) is 4.40. The lowest BCUT2D eigenvalue weighted by molar-refractivity contribution is 0.195. The second-order valence-electron chi connectivity index (χ2n) is 5.10. The SMILES string of the molecule is COc1cc(OC)c(CN2CCN[C@@H](C)C2)c(OC)c1.Cl. The zero-order valence-electron chi connectivity index (χ0n) is 13.1. The van der Waals surface area contributed by atoms with Gasteiger partial charge in [0.15, 0.2) is 0 Å². The first-order valence-corrected chi connectivity index (χ1v) is 6.92. The number of hydrogen-bond acceptors (Lipinski definition) is 5. The van der Waals surface area contributed by atoms with E-state index in [4.69, 9.17) is 14.2 Å². The van der Waals surface area contributed by atoms with E-state index in [0.29, 0.717) is 6.04 Å². The molecule has 0 unspecified atom stereocenters. The van der Waals surface area contributed by atoms with Crippen LogP contribution in [0.4, 0.5) is 0 Å². The number of ether oxygens (including phenoxy) is 3. The van der Waals surface area contributed by atoms with Crippen molar-refractivity contribution < 1.29 is 14.2 Å². The second-order valence-corrected chi connectivity index (χ2v) is 5.10. The molecule has 0 spiro atoms. The molecule has 0 amide bonds. The quantitative estimate of drug-likeness (QED) is 0.899. The van der Waals surface area contributed by atoms with Crippen molar-refractivity contribution in [2.24, 2.45) is 0 Å². The van der Waals surface area contributed by atoms with Crippen LogP contribution in [-0.2, 0) is 6.54 Å². The molecule has 0 saturated carbocycles. The van der Waals surface area contributed by atoms with Crippen molar-refractivity contribution in [2.75, 3.05) is 41.0 Å². The van der Waals surface area contributed by atoms with E-state index in [1.54, 1.807) is 21.3 Å². The molecule has 1 aliphatic heterocycles. The minimum absolute atomic E-state index is 0. The molecule has 1 heterocycles. The lowest BCUT2D eigenvalue weighted by Crippen LogP contribution is -2.48. The molecule has 1 aromatic carbocycles. The van der Waals surface area contributed by atoms with Crippen molar-refractivity contribution in [1.82, 2.24) is 10.2 Å². The molecule has 0 bridgehead atoms. The maximum atomic E-state index is 5.50. The van der Waals surface area contributed by atoms with Gasteiger partial charge >= 0.3 is 0 Å². The molecule has 6 heteroatoms. The summed E-state index contributed by atoms with van der Waals surface area (Å²) in [6, 6.07) is 4.33. The zero-order valence-corrected chi connectivity index (χ0v) is 14.0. The summed E-state index contributed by atoms with van der Waals surface area (Å²) >= 11 is 0. The smallest absolute Gasteiger partial charge is 0.130 e. The van der Waals surface area contributed by atoms with Crippen LogP contribution < -0.4 is 19.5 Å². The molecule has 1 atom stereocenters. The van der Waals surface area contributed by atoms with Gasteiger partial charge in [0.05, 0.1) is 26.9 Å². The summed E-state index contributed by atoms with van der Waals surface area (Å²) in [5.41, 5.74) is 1.07. The van der Waals surface area contributed by atoms with Crippen LogP contribution in [0.2, 0.25) is 0 Å². The minimum Gasteiger partial charge on any atom is -0.496 e. The van der Waals surface area contributed by atoms with E-state index in [2.05, 4.69) is 17.1 Å². The van der Waals surface area contributed by atoms with Gasteiger partial charge in [-0.25, -0.2) is 0 Å². The number of methoxy groups -OCH3 is 3. The predicted molar refractivity (Wildman–Crippen MR) is 86.1 cm³/mol. The first-order valence-electron chi connectivity index (χ1n) is 6.92. The topological polar surface area (TPSA) is 43.0 Å². The highest BCUT2D eigenvalue weighted by Gasteiger charge is 2.20. The molecule has 1 aliphatic rings. The Balaban J connectivity index is 0.00000220. The van der Waals surface area contributed by atoms with Crippen molar-refractivity contribution in [3.05, 3.63) is 17.7 Å². The van der Waals surface area contributed by atoms with Gasteiger partial charge in [0, 0.05) is 44.4 Å². The zero-order chi connectivity index (χ0) is 14.5. The lowest BCUT2D eigenvalue weighted by Gasteiger charge is -2.32. The van der Waals surface area contributed by atoms with E-state index in [1.807, 2.05) is 12.1 Å². The van der Waals surface area contributed by atoms with Gasteiger partial charge in [-0.15, -0.1) is 12.4 Å². The van der Waals surface area contributed by atoms with Gasteiger partial charge < -0.3 is 19.5 Å². The normalized spacial score (nSPS) is 18.8. The van der Waals surface area contributed by atoms with E-state index in [-0.39, 0.29) is 12.4 Å². The molecule has 120 valence electrons. The predicted octanol–water partition coefficient (Wildman–Crippen LogP) is 1.93. The highest BCUT2D eigenvalue weighted by atomic mass is 35.5. The van der Waals surface area contributed by atoms with Gasteiger partial charge in [0.1, 0.15) is 17.2 Å². The fourth-order valence-electron chi connectivity index (χ4n) is 2.61. The van der Waals surface area contributed by atoms with E-state index in [1.165, 1.54) is 0 Å². The number of piperazine rings is 1. The Labute approximate surface area is 133 Å². The number of rotatable bonds is 5. The molecule has 1 saturated heterocycles. The first-order chi connectivity index (χ1) is 9.67. The van der Waals surface area contributed by atoms with E-state index in [0.717, 1.165) is 49.0 Å². The summed E-state index contributed by atoms with van der Waals surface area (Å²) in [7, 11) is 5.00. The Morgan fingerprint density at radius 3 is 2.24 bits per heavy atom. The number of nitrogens with one attached hydrogen (secondary N) is 1. The highest BCUT2D eigenvalue weighted by molar-refractivity contribution is 5.85. The van der Waals surface area contributed by atoms with Crippen molar-refractivity contribution >= 4 is 12.4 Å². The van der Waals surface area contributed by atoms with Crippen LogP contribution in [0.5, 0.6) is 17.2 Å². The number of halogens is 1. The van der Waals surface area contributed by atoms with E-state index < -0.39 is 0 Å². The molecule has 2 rings (SSSR count). The fraction of sp³-hybridized carbons (Fsp3) is 0.600. The molecule has 1 aromatic rings. The summed E-state index contributed by atoms with van der Waals surface area (Å²) in [5, 5.41) is 3.45. The Hall–Kier alpha value is -1.17. The van der Waals surface area contributed by atoms with Crippen LogP contribution in [0.3, 0.4) is 0 Å². The van der Waals surface area contributed by atoms with Crippen LogP contribution in [0.25, 0.3) is 0 Å². The summed E-state index contributed by atoms with van der Waals surface area (Å²) in [5.74, 6) is 2.37. The Kier molecular flexibility index (Phi) is 7.08. The molecule has 0 aromatic heterocycles. The molecule has 1 N–H and O–H groups in total. The number of benzene rings is 1. The summed E-state index contributed by atoms with van der Waals surface area (Å²) in [4.78, 5) is 2.41. The molecule has 1 fully saturated rings. The molecule has 5 nitrogen and oxygen atoms in total. The highest BCUT2D eigenvalue weighted by Crippen LogP contribution is 2.35.